The molecular formula is C10H21NO2P+. The molecular weight excluding hydrogens is 197 g/mol. The summed E-state index contributed by atoms with van der Waals surface area (Å²) in [6, 6.07) is 0. The Kier molecular flexibility index (Phi) is 5.94. The van der Waals surface area contributed by atoms with Crippen LogP contribution in [0.15, 0.2) is 0 Å². The Hall–Kier alpha value is -0.430. The lowest BCUT2D eigenvalue weighted by Gasteiger charge is -2.21. The first kappa shape index (κ1) is 13.6. The van der Waals surface area contributed by atoms with Crippen molar-refractivity contribution in [3.05, 3.63) is 0 Å². The van der Waals surface area contributed by atoms with Crippen molar-refractivity contribution in [1.29, 1.82) is 0 Å². The SMILES string of the molecule is CC(C)CN(CC(C)C)C(=O)[P+](C)=O. The molecule has 0 fully saturated rings. The van der Waals surface area contributed by atoms with Crippen LogP contribution in [0.25, 0.3) is 0 Å². The summed E-state index contributed by atoms with van der Waals surface area (Å²) in [5.41, 5.74) is -0.206. The molecule has 0 aromatic carbocycles. The number of amides is 1. The van der Waals surface area contributed by atoms with Crippen LogP contribution >= 0.6 is 7.80 Å². The average molecular weight is 218 g/mol. The molecule has 0 aliphatic carbocycles. The van der Waals surface area contributed by atoms with Crippen LogP contribution in [-0.4, -0.2) is 30.3 Å². The number of hydrogen-bond donors (Lipinski definition) is 0. The molecule has 0 aromatic heterocycles. The zero-order valence-corrected chi connectivity index (χ0v) is 10.7. The quantitative estimate of drug-likeness (QED) is 0.664. The predicted molar refractivity (Wildman–Crippen MR) is 60.2 cm³/mol. The second-order valence-corrected chi connectivity index (χ2v) is 5.85. The number of carbonyl (C=O) groups is 1. The van der Waals surface area contributed by atoms with Crippen molar-refractivity contribution in [3.63, 3.8) is 0 Å². The molecule has 4 heteroatoms. The van der Waals surface area contributed by atoms with Gasteiger partial charge < -0.3 is 0 Å². The van der Waals surface area contributed by atoms with E-state index in [4.69, 9.17) is 0 Å². The summed E-state index contributed by atoms with van der Waals surface area (Å²) in [6.45, 7) is 11.1. The lowest BCUT2D eigenvalue weighted by molar-refractivity contribution is 0.206. The van der Waals surface area contributed by atoms with E-state index in [1.807, 2.05) is 0 Å². The van der Waals surface area contributed by atoms with Crippen molar-refractivity contribution in [2.75, 3.05) is 19.8 Å². The molecule has 0 rings (SSSR count). The van der Waals surface area contributed by atoms with E-state index >= 15 is 0 Å². The van der Waals surface area contributed by atoms with E-state index in [2.05, 4.69) is 27.7 Å². The molecule has 0 radical (unpaired) electrons. The van der Waals surface area contributed by atoms with Crippen LogP contribution in [-0.2, 0) is 4.57 Å². The fourth-order valence-electron chi connectivity index (χ4n) is 1.31. The highest BCUT2D eigenvalue weighted by atomic mass is 31.1. The zero-order chi connectivity index (χ0) is 11.3. The standard InChI is InChI=1S/C10H21NO2P/c1-8(2)6-11(7-9(3)4)10(12)14(5)13/h8-9H,6-7H2,1-5H3/q+1. The van der Waals surface area contributed by atoms with Gasteiger partial charge >= 0.3 is 13.4 Å². The molecule has 0 N–H and O–H groups in total. The Balaban J connectivity index is 4.38. The second-order valence-electron chi connectivity index (χ2n) is 4.47. The van der Waals surface area contributed by atoms with Gasteiger partial charge in [0.2, 0.25) is 0 Å². The number of hydrogen-bond acceptors (Lipinski definition) is 2. The van der Waals surface area contributed by atoms with Crippen molar-refractivity contribution in [2.24, 2.45) is 11.8 Å². The van der Waals surface area contributed by atoms with E-state index in [1.165, 1.54) is 6.66 Å². The number of nitrogens with zero attached hydrogens (tertiary/aromatic N) is 1. The highest BCUT2D eigenvalue weighted by Gasteiger charge is 2.29. The second kappa shape index (κ2) is 6.13. The number of rotatable bonds is 5. The minimum absolute atomic E-state index is 0.206. The molecule has 0 spiro atoms. The minimum atomic E-state index is -1.73. The molecule has 0 saturated carbocycles. The number of carbonyl (C=O) groups excluding carboxylic acids is 1. The summed E-state index contributed by atoms with van der Waals surface area (Å²) in [4.78, 5) is 13.3. The van der Waals surface area contributed by atoms with Crippen LogP contribution in [0.5, 0.6) is 0 Å². The van der Waals surface area contributed by atoms with Gasteiger partial charge in [0.25, 0.3) is 0 Å². The van der Waals surface area contributed by atoms with Gasteiger partial charge in [0.1, 0.15) is 6.66 Å². The van der Waals surface area contributed by atoms with Crippen LogP contribution in [0, 0.1) is 11.8 Å². The summed E-state index contributed by atoms with van der Waals surface area (Å²) in [5, 5.41) is 0. The van der Waals surface area contributed by atoms with Gasteiger partial charge in [0.15, 0.2) is 0 Å². The third-order valence-corrected chi connectivity index (χ3v) is 2.53. The van der Waals surface area contributed by atoms with Crippen LogP contribution in [0.2, 0.25) is 0 Å². The molecule has 14 heavy (non-hydrogen) atoms. The fourth-order valence-corrected chi connectivity index (χ4v) is 1.87. The van der Waals surface area contributed by atoms with Gasteiger partial charge in [-0.3, -0.25) is 4.90 Å². The first-order valence-electron chi connectivity index (χ1n) is 5.04. The Morgan fingerprint density at radius 3 is 1.71 bits per heavy atom. The predicted octanol–water partition coefficient (Wildman–Crippen LogP) is 3.18. The largest absolute Gasteiger partial charge is 0.462 e. The molecule has 1 unspecified atom stereocenters. The Morgan fingerprint density at radius 2 is 1.50 bits per heavy atom. The average Bonchev–Trinajstić information content (AvgIpc) is 1.99. The van der Waals surface area contributed by atoms with E-state index in [1.54, 1.807) is 4.90 Å². The summed E-state index contributed by atoms with van der Waals surface area (Å²) < 4.78 is 11.1. The van der Waals surface area contributed by atoms with E-state index < -0.39 is 7.80 Å². The van der Waals surface area contributed by atoms with Crippen molar-refractivity contribution >= 4 is 13.4 Å². The third-order valence-electron chi connectivity index (χ3n) is 1.71. The van der Waals surface area contributed by atoms with Crippen molar-refractivity contribution in [1.82, 2.24) is 4.90 Å². The molecule has 1 atom stereocenters. The van der Waals surface area contributed by atoms with E-state index in [0.717, 1.165) is 0 Å². The fraction of sp³-hybridized carbons (Fsp3) is 0.900. The Labute approximate surface area is 87.6 Å². The molecule has 0 aliphatic rings. The van der Waals surface area contributed by atoms with Crippen LogP contribution in [0.4, 0.5) is 4.79 Å². The molecule has 0 aliphatic heterocycles. The summed E-state index contributed by atoms with van der Waals surface area (Å²) in [6.07, 6.45) is 0. The van der Waals surface area contributed by atoms with Crippen LogP contribution < -0.4 is 0 Å². The van der Waals surface area contributed by atoms with E-state index in [0.29, 0.717) is 24.9 Å². The van der Waals surface area contributed by atoms with Crippen LogP contribution in [0.3, 0.4) is 0 Å². The summed E-state index contributed by atoms with van der Waals surface area (Å²) >= 11 is 0. The maximum absolute atomic E-state index is 11.6. The van der Waals surface area contributed by atoms with Crippen molar-refractivity contribution < 1.29 is 9.36 Å². The first-order valence-corrected chi connectivity index (χ1v) is 6.75. The Bertz CT molecular complexity index is 204. The van der Waals surface area contributed by atoms with Crippen LogP contribution in [0.1, 0.15) is 27.7 Å². The van der Waals surface area contributed by atoms with Gasteiger partial charge in [-0.1, -0.05) is 32.3 Å². The molecule has 0 saturated heterocycles. The topological polar surface area (TPSA) is 37.4 Å². The van der Waals surface area contributed by atoms with Gasteiger partial charge in [0, 0.05) is 13.1 Å². The van der Waals surface area contributed by atoms with Gasteiger partial charge in [0.05, 0.1) is 0 Å². The monoisotopic (exact) mass is 218 g/mol. The van der Waals surface area contributed by atoms with E-state index in [9.17, 15) is 9.36 Å². The van der Waals surface area contributed by atoms with Gasteiger partial charge in [-0.25, -0.2) is 4.79 Å². The molecule has 0 aromatic rings. The highest BCUT2D eigenvalue weighted by molar-refractivity contribution is 7.62. The maximum Gasteiger partial charge on any atom is 0.462 e. The lowest BCUT2D eigenvalue weighted by Crippen LogP contribution is -2.34. The van der Waals surface area contributed by atoms with Gasteiger partial charge in [-0.2, -0.15) is 0 Å². The first-order chi connectivity index (χ1) is 6.34. The Morgan fingerprint density at radius 1 is 1.14 bits per heavy atom. The summed E-state index contributed by atoms with van der Waals surface area (Å²) in [5.74, 6) is 0.847. The van der Waals surface area contributed by atoms with Crippen molar-refractivity contribution in [3.8, 4) is 0 Å². The zero-order valence-electron chi connectivity index (χ0n) is 9.78. The lowest BCUT2D eigenvalue weighted by atomic mass is 10.1. The third kappa shape index (κ3) is 5.33. The smallest absolute Gasteiger partial charge is 0.300 e. The van der Waals surface area contributed by atoms with E-state index in [-0.39, 0.29) is 5.65 Å². The molecule has 1 amide bonds. The summed E-state index contributed by atoms with van der Waals surface area (Å²) in [7, 11) is -1.73. The highest BCUT2D eigenvalue weighted by Crippen LogP contribution is 2.21. The van der Waals surface area contributed by atoms with Gasteiger partial charge in [-0.05, 0) is 11.8 Å². The maximum atomic E-state index is 11.6. The van der Waals surface area contributed by atoms with Gasteiger partial charge in [-0.15, -0.1) is 0 Å². The normalized spacial score (nSPS) is 12.1. The molecule has 0 bridgehead atoms. The molecule has 3 nitrogen and oxygen atoms in total. The molecule has 0 heterocycles. The molecule has 82 valence electrons. The van der Waals surface area contributed by atoms with Crippen molar-refractivity contribution in [2.45, 2.75) is 27.7 Å². The minimum Gasteiger partial charge on any atom is -0.300 e.